The smallest absolute Gasteiger partial charge is 0.379 e. The van der Waals surface area contributed by atoms with Crippen LogP contribution in [0.15, 0.2) is 22.7 Å². The summed E-state index contributed by atoms with van der Waals surface area (Å²) in [5.41, 5.74) is 2.51. The molecule has 0 saturated carbocycles. The number of benzene rings is 1. The average molecular weight is 340 g/mol. The van der Waals surface area contributed by atoms with Gasteiger partial charge in [-0.15, -0.1) is 0 Å². The molecule has 0 saturated heterocycles. The van der Waals surface area contributed by atoms with Crippen LogP contribution < -0.4 is 5.73 Å². The highest BCUT2D eigenvalue weighted by Gasteiger charge is 2.57. The third kappa shape index (κ3) is 2.92. The van der Waals surface area contributed by atoms with Gasteiger partial charge in [0.25, 0.3) is 0 Å². The van der Waals surface area contributed by atoms with Crippen LogP contribution in [0.1, 0.15) is 19.4 Å². The van der Waals surface area contributed by atoms with Crippen molar-refractivity contribution in [1.29, 1.82) is 0 Å². The van der Waals surface area contributed by atoms with Crippen LogP contribution >= 0.6 is 15.9 Å². The lowest BCUT2D eigenvalue weighted by Gasteiger charge is -2.32. The number of alkyl halides is 2. The topological polar surface area (TPSA) is 52.3 Å². The van der Waals surface area contributed by atoms with Gasteiger partial charge in [0.05, 0.1) is 6.61 Å². The minimum absolute atomic E-state index is 0.217. The van der Waals surface area contributed by atoms with Gasteiger partial charge in [0.1, 0.15) is 11.4 Å². The van der Waals surface area contributed by atoms with Crippen molar-refractivity contribution in [3.63, 3.8) is 0 Å². The Bertz CT molecular complexity index is 492. The largest absolute Gasteiger partial charge is 0.461 e. The molecule has 0 unspecified atom stereocenters. The van der Waals surface area contributed by atoms with Crippen LogP contribution in [0, 0.1) is 5.82 Å². The Hall–Kier alpha value is -1.08. The fourth-order valence-electron chi connectivity index (χ4n) is 1.50. The first kappa shape index (κ1) is 16.0. The number of hydrogen-bond acceptors (Lipinski definition) is 3. The van der Waals surface area contributed by atoms with Crippen LogP contribution in [0.4, 0.5) is 13.2 Å². The molecule has 0 spiro atoms. The molecule has 0 aliphatic rings. The average Bonchev–Trinajstić information content (AvgIpc) is 2.32. The molecular formula is C12H13BrF3NO2. The van der Waals surface area contributed by atoms with Gasteiger partial charge < -0.3 is 10.5 Å². The molecule has 0 bridgehead atoms. The van der Waals surface area contributed by atoms with Gasteiger partial charge in [-0.1, -0.05) is 15.9 Å². The summed E-state index contributed by atoms with van der Waals surface area (Å²) in [6.07, 6.45) is 0. The van der Waals surface area contributed by atoms with E-state index in [1.54, 1.807) is 0 Å². The van der Waals surface area contributed by atoms with E-state index in [1.807, 2.05) is 0 Å². The number of hydrogen-bond donors (Lipinski definition) is 1. The molecule has 0 aliphatic heterocycles. The van der Waals surface area contributed by atoms with Crippen molar-refractivity contribution < 1.29 is 22.7 Å². The maximum absolute atomic E-state index is 14.0. The number of carbonyl (C=O) groups is 1. The predicted molar refractivity (Wildman–Crippen MR) is 67.2 cm³/mol. The minimum Gasteiger partial charge on any atom is -0.461 e. The van der Waals surface area contributed by atoms with Crippen LogP contribution in [0.25, 0.3) is 0 Å². The van der Waals surface area contributed by atoms with Crippen molar-refractivity contribution in [2.24, 2.45) is 5.73 Å². The van der Waals surface area contributed by atoms with Gasteiger partial charge in [-0.05, 0) is 32.0 Å². The van der Waals surface area contributed by atoms with Gasteiger partial charge >= 0.3 is 11.9 Å². The second kappa shape index (κ2) is 5.50. The zero-order chi connectivity index (χ0) is 14.8. The molecule has 2 N–H and O–H groups in total. The summed E-state index contributed by atoms with van der Waals surface area (Å²) in [7, 11) is 0. The van der Waals surface area contributed by atoms with Crippen molar-refractivity contribution in [3.05, 3.63) is 34.1 Å². The van der Waals surface area contributed by atoms with Crippen molar-refractivity contribution in [2.75, 3.05) is 6.61 Å². The van der Waals surface area contributed by atoms with E-state index >= 15 is 0 Å². The van der Waals surface area contributed by atoms with Gasteiger partial charge in [-0.3, -0.25) is 0 Å². The second-order valence-electron chi connectivity index (χ2n) is 4.12. The van der Waals surface area contributed by atoms with Crippen molar-refractivity contribution >= 4 is 21.9 Å². The highest BCUT2D eigenvalue weighted by atomic mass is 79.9. The Balaban J connectivity index is 3.29. The molecule has 0 amide bonds. The summed E-state index contributed by atoms with van der Waals surface area (Å²) in [6, 6.07) is 3.45. The summed E-state index contributed by atoms with van der Waals surface area (Å²) in [5, 5.41) is 0. The van der Waals surface area contributed by atoms with E-state index in [0.717, 1.165) is 19.1 Å². The number of ether oxygens (including phenoxy) is 1. The highest BCUT2D eigenvalue weighted by molar-refractivity contribution is 9.10. The number of esters is 1. The predicted octanol–water partition coefficient (Wildman–Crippen LogP) is 2.96. The normalized spacial score (nSPS) is 14.9. The van der Waals surface area contributed by atoms with Crippen molar-refractivity contribution in [3.8, 4) is 0 Å². The lowest BCUT2D eigenvalue weighted by atomic mass is 9.86. The SMILES string of the molecule is CCOC(=O)C(F)(F)[C@](C)(N)c1cc(Br)ccc1F. The monoisotopic (exact) mass is 339 g/mol. The third-order valence-electron chi connectivity index (χ3n) is 2.67. The Morgan fingerprint density at radius 3 is 2.58 bits per heavy atom. The molecule has 19 heavy (non-hydrogen) atoms. The lowest BCUT2D eigenvalue weighted by molar-refractivity contribution is -0.182. The fourth-order valence-corrected chi connectivity index (χ4v) is 1.86. The molecule has 0 aliphatic carbocycles. The maximum Gasteiger partial charge on any atom is 0.379 e. The number of rotatable bonds is 4. The maximum atomic E-state index is 14.0. The van der Waals surface area contributed by atoms with E-state index in [9.17, 15) is 18.0 Å². The van der Waals surface area contributed by atoms with Gasteiger partial charge in [0, 0.05) is 10.0 Å². The van der Waals surface area contributed by atoms with E-state index in [2.05, 4.69) is 20.7 Å². The van der Waals surface area contributed by atoms with E-state index in [0.29, 0.717) is 4.47 Å². The molecular weight excluding hydrogens is 327 g/mol. The third-order valence-corrected chi connectivity index (χ3v) is 3.17. The molecule has 0 radical (unpaired) electrons. The molecule has 0 aromatic heterocycles. The summed E-state index contributed by atoms with van der Waals surface area (Å²) in [6.45, 7) is 2.06. The second-order valence-corrected chi connectivity index (χ2v) is 5.04. The van der Waals surface area contributed by atoms with Gasteiger partial charge in [-0.2, -0.15) is 8.78 Å². The van der Waals surface area contributed by atoms with E-state index in [-0.39, 0.29) is 6.61 Å². The summed E-state index contributed by atoms with van der Waals surface area (Å²) < 4.78 is 46.3. The van der Waals surface area contributed by atoms with Crippen molar-refractivity contribution in [1.82, 2.24) is 0 Å². The highest BCUT2D eigenvalue weighted by Crippen LogP contribution is 2.38. The Labute approximate surface area is 117 Å². The number of carbonyl (C=O) groups excluding carboxylic acids is 1. The first-order valence-corrected chi connectivity index (χ1v) is 6.23. The van der Waals surface area contributed by atoms with E-state index in [4.69, 9.17) is 5.73 Å². The standard InChI is InChI=1S/C12H13BrF3NO2/c1-3-19-10(18)12(15,16)11(2,17)8-6-7(13)4-5-9(8)14/h4-6H,3,17H2,1-2H3/t11-/m1/s1. The first-order chi connectivity index (χ1) is 8.64. The first-order valence-electron chi connectivity index (χ1n) is 5.44. The molecule has 1 aromatic carbocycles. The Kier molecular flexibility index (Phi) is 4.63. The molecule has 0 fully saturated rings. The van der Waals surface area contributed by atoms with Crippen LogP contribution in [0.2, 0.25) is 0 Å². The molecule has 1 rings (SSSR count). The molecule has 1 atom stereocenters. The van der Waals surface area contributed by atoms with Gasteiger partial charge in [0.15, 0.2) is 0 Å². The molecule has 0 heterocycles. The quantitative estimate of drug-likeness (QED) is 0.858. The number of nitrogens with two attached hydrogens (primary N) is 1. The van der Waals surface area contributed by atoms with Crippen LogP contribution in [-0.2, 0) is 15.1 Å². The molecule has 3 nitrogen and oxygen atoms in total. The zero-order valence-corrected chi connectivity index (χ0v) is 11.9. The molecule has 1 aromatic rings. The van der Waals surface area contributed by atoms with E-state index < -0.39 is 28.8 Å². The van der Waals surface area contributed by atoms with Gasteiger partial charge in [-0.25, -0.2) is 9.18 Å². The summed E-state index contributed by atoms with van der Waals surface area (Å²) in [4.78, 5) is 11.3. The van der Waals surface area contributed by atoms with Crippen molar-refractivity contribution in [2.45, 2.75) is 25.3 Å². The molecule has 7 heteroatoms. The van der Waals surface area contributed by atoms with E-state index in [1.165, 1.54) is 13.0 Å². The zero-order valence-electron chi connectivity index (χ0n) is 10.3. The van der Waals surface area contributed by atoms with Crippen LogP contribution in [-0.4, -0.2) is 18.5 Å². The van der Waals surface area contributed by atoms with Crippen LogP contribution in [0.3, 0.4) is 0 Å². The minimum atomic E-state index is -4.05. The lowest BCUT2D eigenvalue weighted by Crippen LogP contribution is -2.56. The van der Waals surface area contributed by atoms with Crippen LogP contribution in [0.5, 0.6) is 0 Å². The van der Waals surface area contributed by atoms with Gasteiger partial charge in [0.2, 0.25) is 0 Å². The number of halogens is 4. The summed E-state index contributed by atoms with van der Waals surface area (Å²) >= 11 is 3.04. The fraction of sp³-hybridized carbons (Fsp3) is 0.417. The molecule has 106 valence electrons. The Morgan fingerprint density at radius 1 is 1.47 bits per heavy atom. The Morgan fingerprint density at radius 2 is 2.05 bits per heavy atom. The summed E-state index contributed by atoms with van der Waals surface area (Å²) in [5.74, 6) is -6.75.